The van der Waals surface area contributed by atoms with Gasteiger partial charge in [-0.1, -0.05) is 17.7 Å². The minimum Gasteiger partial charge on any atom is -0.378 e. The van der Waals surface area contributed by atoms with Crippen LogP contribution in [0.4, 0.5) is 0 Å². The summed E-state index contributed by atoms with van der Waals surface area (Å²) < 4.78 is 5.29. The number of nitrogens with zero attached hydrogens (tertiary/aromatic N) is 1. The van der Waals surface area contributed by atoms with E-state index in [-0.39, 0.29) is 11.8 Å². The van der Waals surface area contributed by atoms with Gasteiger partial charge in [-0.2, -0.15) is 11.8 Å². The summed E-state index contributed by atoms with van der Waals surface area (Å²) in [6, 6.07) is 6.92. The summed E-state index contributed by atoms with van der Waals surface area (Å²) in [6.45, 7) is 4.25. The molecule has 0 bridgehead atoms. The molecule has 0 spiro atoms. The number of benzene rings is 1. The van der Waals surface area contributed by atoms with Crippen LogP contribution in [0.25, 0.3) is 0 Å². The Hall–Kier alpha value is -1.53. The van der Waals surface area contributed by atoms with Crippen LogP contribution in [0.1, 0.15) is 22.3 Å². The molecule has 23 heavy (non-hydrogen) atoms. The molecule has 1 atom stereocenters. The van der Waals surface area contributed by atoms with Crippen LogP contribution in [-0.2, 0) is 9.53 Å². The maximum absolute atomic E-state index is 12.7. The monoisotopic (exact) mass is 336 g/mol. The Labute approximate surface area is 141 Å². The minimum atomic E-state index is -0.478. The second-order valence-electron chi connectivity index (χ2n) is 5.61. The molecule has 2 amide bonds. The Balaban J connectivity index is 2.04. The molecule has 1 aromatic carbocycles. The lowest BCUT2D eigenvalue weighted by atomic mass is 10.1. The van der Waals surface area contributed by atoms with Crippen LogP contribution >= 0.6 is 11.8 Å². The Bertz CT molecular complexity index is 544. The number of thioether (sulfide) groups is 1. The number of aryl methyl sites for hydroxylation is 1. The zero-order chi connectivity index (χ0) is 16.7. The minimum absolute atomic E-state index is 0.0108. The molecule has 1 saturated heterocycles. The van der Waals surface area contributed by atoms with E-state index in [0.717, 1.165) is 11.3 Å². The second kappa shape index (κ2) is 8.93. The summed E-state index contributed by atoms with van der Waals surface area (Å²) in [7, 11) is 0. The molecule has 1 aliphatic heterocycles. The van der Waals surface area contributed by atoms with E-state index < -0.39 is 6.04 Å². The molecule has 1 aromatic rings. The Morgan fingerprint density at radius 2 is 2.09 bits per heavy atom. The number of carbonyl (C=O) groups is 2. The van der Waals surface area contributed by atoms with Crippen molar-refractivity contribution in [1.29, 1.82) is 0 Å². The van der Waals surface area contributed by atoms with Crippen molar-refractivity contribution in [3.8, 4) is 0 Å². The fourth-order valence-electron chi connectivity index (χ4n) is 2.53. The summed E-state index contributed by atoms with van der Waals surface area (Å²) in [4.78, 5) is 26.9. The molecule has 1 heterocycles. The Morgan fingerprint density at radius 3 is 2.74 bits per heavy atom. The first-order valence-electron chi connectivity index (χ1n) is 7.85. The largest absolute Gasteiger partial charge is 0.378 e. The Morgan fingerprint density at radius 1 is 1.35 bits per heavy atom. The Kier molecular flexibility index (Phi) is 6.92. The van der Waals surface area contributed by atoms with Crippen molar-refractivity contribution in [1.82, 2.24) is 10.2 Å². The zero-order valence-electron chi connectivity index (χ0n) is 13.7. The fraction of sp³-hybridized carbons (Fsp3) is 0.529. The van der Waals surface area contributed by atoms with Gasteiger partial charge in [-0.3, -0.25) is 9.59 Å². The quantitative estimate of drug-likeness (QED) is 0.859. The molecule has 1 unspecified atom stereocenters. The zero-order valence-corrected chi connectivity index (χ0v) is 14.5. The maximum atomic E-state index is 12.7. The van der Waals surface area contributed by atoms with E-state index in [1.807, 2.05) is 31.4 Å². The third-order valence-corrected chi connectivity index (χ3v) is 4.46. The summed E-state index contributed by atoms with van der Waals surface area (Å²) in [5.74, 6) is 0.624. The van der Waals surface area contributed by atoms with Gasteiger partial charge in [-0.25, -0.2) is 0 Å². The van der Waals surface area contributed by atoms with Gasteiger partial charge in [-0.15, -0.1) is 0 Å². The SMILES string of the molecule is CSCCC(NC(=O)c1cccc(C)c1)C(=O)N1CCOCC1. The molecule has 1 aliphatic rings. The van der Waals surface area contributed by atoms with Crippen molar-refractivity contribution in [2.75, 3.05) is 38.3 Å². The van der Waals surface area contributed by atoms with E-state index in [2.05, 4.69) is 5.32 Å². The average Bonchev–Trinajstić information content (AvgIpc) is 2.58. The number of morpholine rings is 1. The first-order chi connectivity index (χ1) is 11.1. The van der Waals surface area contributed by atoms with E-state index in [1.165, 1.54) is 0 Å². The number of ether oxygens (including phenoxy) is 1. The lowest BCUT2D eigenvalue weighted by molar-refractivity contribution is -0.137. The van der Waals surface area contributed by atoms with Crippen molar-refractivity contribution < 1.29 is 14.3 Å². The normalized spacial score (nSPS) is 16.0. The molecule has 5 nitrogen and oxygen atoms in total. The number of hydrogen-bond donors (Lipinski definition) is 1. The van der Waals surface area contributed by atoms with E-state index in [9.17, 15) is 9.59 Å². The van der Waals surface area contributed by atoms with E-state index in [1.54, 1.807) is 22.7 Å². The van der Waals surface area contributed by atoms with Gasteiger partial charge in [0.15, 0.2) is 0 Å². The molecule has 0 radical (unpaired) electrons. The van der Waals surface area contributed by atoms with Gasteiger partial charge < -0.3 is 15.0 Å². The van der Waals surface area contributed by atoms with Crippen molar-refractivity contribution >= 4 is 23.6 Å². The third kappa shape index (κ3) is 5.25. The molecule has 126 valence electrons. The number of carbonyl (C=O) groups excluding carboxylic acids is 2. The molecule has 1 fully saturated rings. The second-order valence-corrected chi connectivity index (χ2v) is 6.60. The van der Waals surface area contributed by atoms with Gasteiger partial charge in [0.25, 0.3) is 5.91 Å². The molecule has 1 N–H and O–H groups in total. The molecule has 0 aliphatic carbocycles. The van der Waals surface area contributed by atoms with E-state index in [0.29, 0.717) is 38.3 Å². The highest BCUT2D eigenvalue weighted by atomic mass is 32.2. The van der Waals surface area contributed by atoms with Crippen LogP contribution in [-0.4, -0.2) is 61.1 Å². The predicted octanol–water partition coefficient (Wildman–Crippen LogP) is 1.71. The van der Waals surface area contributed by atoms with E-state index in [4.69, 9.17) is 4.74 Å². The molecule has 6 heteroatoms. The van der Waals surface area contributed by atoms with E-state index >= 15 is 0 Å². The highest BCUT2D eigenvalue weighted by Crippen LogP contribution is 2.09. The number of nitrogens with one attached hydrogen (secondary N) is 1. The molecular weight excluding hydrogens is 312 g/mol. The lowest BCUT2D eigenvalue weighted by Gasteiger charge is -2.30. The number of hydrogen-bond acceptors (Lipinski definition) is 4. The summed E-state index contributed by atoms with van der Waals surface area (Å²) in [5.41, 5.74) is 1.62. The molecular formula is C17H24N2O3S. The van der Waals surface area contributed by atoms with Crippen molar-refractivity contribution in [3.05, 3.63) is 35.4 Å². The first-order valence-corrected chi connectivity index (χ1v) is 9.24. The fourth-order valence-corrected chi connectivity index (χ4v) is 3.00. The van der Waals surface area contributed by atoms with Gasteiger partial charge in [0, 0.05) is 18.7 Å². The van der Waals surface area contributed by atoms with Crippen molar-refractivity contribution in [2.45, 2.75) is 19.4 Å². The number of amides is 2. The lowest BCUT2D eigenvalue weighted by Crippen LogP contribution is -2.52. The van der Waals surface area contributed by atoms with Crippen LogP contribution in [0.5, 0.6) is 0 Å². The standard InChI is InChI=1S/C17H24N2O3S/c1-13-4-3-5-14(12-13)16(20)18-15(6-11-23-2)17(21)19-7-9-22-10-8-19/h3-5,12,15H,6-11H2,1-2H3,(H,18,20). The topological polar surface area (TPSA) is 58.6 Å². The maximum Gasteiger partial charge on any atom is 0.251 e. The van der Waals surface area contributed by atoms with Gasteiger partial charge in [0.1, 0.15) is 6.04 Å². The van der Waals surface area contributed by atoms with Crippen molar-refractivity contribution in [2.24, 2.45) is 0 Å². The van der Waals surface area contributed by atoms with Crippen LogP contribution in [0, 0.1) is 6.92 Å². The smallest absolute Gasteiger partial charge is 0.251 e. The van der Waals surface area contributed by atoms with Gasteiger partial charge >= 0.3 is 0 Å². The number of rotatable bonds is 6. The highest BCUT2D eigenvalue weighted by Gasteiger charge is 2.27. The molecule has 0 saturated carbocycles. The average molecular weight is 336 g/mol. The molecule has 2 rings (SSSR count). The van der Waals surface area contributed by atoms with Crippen LogP contribution < -0.4 is 5.32 Å². The predicted molar refractivity (Wildman–Crippen MR) is 92.8 cm³/mol. The van der Waals surface area contributed by atoms with Crippen LogP contribution in [0.15, 0.2) is 24.3 Å². The highest BCUT2D eigenvalue weighted by molar-refractivity contribution is 7.98. The van der Waals surface area contributed by atoms with Gasteiger partial charge in [0.05, 0.1) is 13.2 Å². The first kappa shape index (κ1) is 17.8. The van der Waals surface area contributed by atoms with Gasteiger partial charge in [0.2, 0.25) is 5.91 Å². The summed E-state index contributed by atoms with van der Waals surface area (Å²) in [6.07, 6.45) is 2.63. The van der Waals surface area contributed by atoms with Crippen LogP contribution in [0.2, 0.25) is 0 Å². The summed E-state index contributed by atoms with van der Waals surface area (Å²) in [5, 5.41) is 2.91. The van der Waals surface area contributed by atoms with Gasteiger partial charge in [-0.05, 0) is 37.5 Å². The van der Waals surface area contributed by atoms with Crippen molar-refractivity contribution in [3.63, 3.8) is 0 Å². The van der Waals surface area contributed by atoms with Crippen LogP contribution in [0.3, 0.4) is 0 Å². The molecule has 0 aromatic heterocycles. The third-order valence-electron chi connectivity index (χ3n) is 3.82. The summed E-state index contributed by atoms with van der Waals surface area (Å²) >= 11 is 1.67.